The van der Waals surface area contributed by atoms with Crippen molar-refractivity contribution in [3.05, 3.63) is 58.0 Å². The van der Waals surface area contributed by atoms with Crippen LogP contribution in [0.2, 0.25) is 0 Å². The van der Waals surface area contributed by atoms with E-state index in [4.69, 9.17) is 0 Å². The lowest BCUT2D eigenvalue weighted by Crippen LogP contribution is -2.62. The molecule has 0 saturated carbocycles. The number of likely N-dealkylation sites (tertiary alicyclic amines) is 2. The Morgan fingerprint density at radius 1 is 1.04 bits per heavy atom. The minimum Gasteiger partial charge on any atom is -0.343 e. The maximum atomic E-state index is 13.0. The second kappa shape index (κ2) is 6.93. The highest BCUT2D eigenvalue weighted by Gasteiger charge is 2.47. The third-order valence-electron chi connectivity index (χ3n) is 6.16. The van der Waals surface area contributed by atoms with Gasteiger partial charge in [-0.05, 0) is 31.4 Å². The number of piperidine rings is 1. The van der Waals surface area contributed by atoms with Crippen molar-refractivity contribution in [3.63, 3.8) is 0 Å². The molecule has 2 aromatic rings. The van der Waals surface area contributed by atoms with Gasteiger partial charge in [-0.3, -0.25) is 14.4 Å². The fourth-order valence-corrected chi connectivity index (χ4v) is 4.39. The Labute approximate surface area is 164 Å². The monoisotopic (exact) mass is 379 g/mol. The number of carbonyl (C=O) groups is 2. The zero-order valence-corrected chi connectivity index (χ0v) is 16.3. The first-order chi connectivity index (χ1) is 13.4. The zero-order valence-electron chi connectivity index (χ0n) is 16.3. The van der Waals surface area contributed by atoms with Crippen LogP contribution in [0.3, 0.4) is 0 Å². The molecular formula is C22H25N3O3. The summed E-state index contributed by atoms with van der Waals surface area (Å²) in [7, 11) is 0. The minimum absolute atomic E-state index is 0.0985. The van der Waals surface area contributed by atoms with Gasteiger partial charge in [0, 0.05) is 49.8 Å². The van der Waals surface area contributed by atoms with Crippen LogP contribution < -0.4 is 5.56 Å². The van der Waals surface area contributed by atoms with Gasteiger partial charge in [0.1, 0.15) is 5.56 Å². The predicted molar refractivity (Wildman–Crippen MR) is 107 cm³/mol. The number of hydrogen-bond acceptors (Lipinski definition) is 3. The maximum Gasteiger partial charge on any atom is 0.261 e. The van der Waals surface area contributed by atoms with Gasteiger partial charge >= 0.3 is 0 Å². The van der Waals surface area contributed by atoms with Crippen molar-refractivity contribution in [3.8, 4) is 11.1 Å². The van der Waals surface area contributed by atoms with Crippen molar-refractivity contribution >= 4 is 11.8 Å². The van der Waals surface area contributed by atoms with Crippen LogP contribution in [-0.2, 0) is 4.79 Å². The molecule has 0 aliphatic carbocycles. The molecule has 6 heteroatoms. The molecule has 1 aromatic carbocycles. The summed E-state index contributed by atoms with van der Waals surface area (Å²) in [5.74, 6) is -0.0974. The fourth-order valence-electron chi connectivity index (χ4n) is 4.39. The minimum atomic E-state index is -0.338. The molecule has 4 rings (SSSR count). The second-order valence-corrected chi connectivity index (χ2v) is 8.08. The van der Waals surface area contributed by atoms with E-state index in [1.54, 1.807) is 17.9 Å². The summed E-state index contributed by atoms with van der Waals surface area (Å²) in [6, 6.07) is 11.5. The molecule has 1 N–H and O–H groups in total. The standard InChI is InChI=1S/C22H25N3O3/c1-15-18(17-6-4-3-5-7-17)12-19(20(27)23-15)21(28)25-13-22(14-25)8-10-24(11-9-22)16(2)26/h3-7,12H,8-11,13-14H2,1-2H3,(H,23,27). The van der Waals surface area contributed by atoms with E-state index < -0.39 is 0 Å². The Hall–Kier alpha value is -2.89. The Morgan fingerprint density at radius 2 is 1.68 bits per heavy atom. The number of H-pyrrole nitrogens is 1. The molecule has 2 amide bonds. The van der Waals surface area contributed by atoms with Gasteiger partial charge in [-0.1, -0.05) is 30.3 Å². The van der Waals surface area contributed by atoms with Crippen LogP contribution in [-0.4, -0.2) is 52.8 Å². The molecule has 6 nitrogen and oxygen atoms in total. The topological polar surface area (TPSA) is 73.5 Å². The molecule has 146 valence electrons. The molecular weight excluding hydrogens is 354 g/mol. The van der Waals surface area contributed by atoms with Crippen LogP contribution in [0.5, 0.6) is 0 Å². The number of nitrogens with zero attached hydrogens (tertiary/aromatic N) is 2. The van der Waals surface area contributed by atoms with E-state index in [1.807, 2.05) is 42.2 Å². The van der Waals surface area contributed by atoms with Gasteiger partial charge in [0.15, 0.2) is 0 Å². The first kappa shape index (κ1) is 18.5. The van der Waals surface area contributed by atoms with Crippen molar-refractivity contribution in [2.75, 3.05) is 26.2 Å². The van der Waals surface area contributed by atoms with Gasteiger partial charge in [0.05, 0.1) is 0 Å². The van der Waals surface area contributed by atoms with Crippen LogP contribution in [0.4, 0.5) is 0 Å². The summed E-state index contributed by atoms with van der Waals surface area (Å²) in [6.07, 6.45) is 1.83. The molecule has 0 atom stereocenters. The average Bonchev–Trinajstić information content (AvgIpc) is 2.66. The molecule has 2 aliphatic rings. The molecule has 1 spiro atoms. The van der Waals surface area contributed by atoms with Gasteiger partial charge in [-0.25, -0.2) is 0 Å². The summed E-state index contributed by atoms with van der Waals surface area (Å²) in [5.41, 5.74) is 2.55. The third kappa shape index (κ3) is 3.23. The highest BCUT2D eigenvalue weighted by atomic mass is 16.2. The van der Waals surface area contributed by atoms with Crippen molar-refractivity contribution < 1.29 is 9.59 Å². The summed E-state index contributed by atoms with van der Waals surface area (Å²) in [4.78, 5) is 43.4. The normalized spacial score (nSPS) is 18.1. The number of hydrogen-bond donors (Lipinski definition) is 1. The van der Waals surface area contributed by atoms with E-state index >= 15 is 0 Å². The molecule has 28 heavy (non-hydrogen) atoms. The van der Waals surface area contributed by atoms with Gasteiger partial charge < -0.3 is 14.8 Å². The molecule has 0 radical (unpaired) electrons. The van der Waals surface area contributed by atoms with Gasteiger partial charge in [0.2, 0.25) is 5.91 Å². The van der Waals surface area contributed by atoms with Crippen LogP contribution in [0.15, 0.2) is 41.2 Å². The van der Waals surface area contributed by atoms with E-state index in [-0.39, 0.29) is 28.4 Å². The number of rotatable bonds is 2. The predicted octanol–water partition coefficient (Wildman–Crippen LogP) is 2.43. The number of aromatic amines is 1. The van der Waals surface area contributed by atoms with Crippen molar-refractivity contribution in [2.24, 2.45) is 5.41 Å². The first-order valence-electron chi connectivity index (χ1n) is 9.73. The van der Waals surface area contributed by atoms with Crippen LogP contribution in [0.25, 0.3) is 11.1 Å². The van der Waals surface area contributed by atoms with E-state index in [9.17, 15) is 14.4 Å². The van der Waals surface area contributed by atoms with Gasteiger partial charge in [-0.15, -0.1) is 0 Å². The summed E-state index contributed by atoms with van der Waals surface area (Å²) >= 11 is 0. The lowest BCUT2D eigenvalue weighted by atomic mass is 9.71. The number of carbonyl (C=O) groups excluding carboxylic acids is 2. The summed E-state index contributed by atoms with van der Waals surface area (Å²) < 4.78 is 0. The number of aryl methyl sites for hydroxylation is 1. The van der Waals surface area contributed by atoms with Crippen molar-refractivity contribution in [2.45, 2.75) is 26.7 Å². The molecule has 2 saturated heterocycles. The molecule has 0 unspecified atom stereocenters. The van der Waals surface area contributed by atoms with Crippen LogP contribution >= 0.6 is 0 Å². The Kier molecular flexibility index (Phi) is 4.57. The Bertz CT molecular complexity index is 964. The smallest absolute Gasteiger partial charge is 0.261 e. The fraction of sp³-hybridized carbons (Fsp3) is 0.409. The summed E-state index contributed by atoms with van der Waals surface area (Å²) in [6.45, 7) is 6.26. The summed E-state index contributed by atoms with van der Waals surface area (Å²) in [5, 5.41) is 0. The molecule has 2 aliphatic heterocycles. The highest BCUT2D eigenvalue weighted by molar-refractivity contribution is 5.95. The lowest BCUT2D eigenvalue weighted by molar-refractivity contribution is -0.133. The number of amides is 2. The number of benzene rings is 1. The largest absolute Gasteiger partial charge is 0.343 e. The van der Waals surface area contributed by atoms with Crippen molar-refractivity contribution in [1.82, 2.24) is 14.8 Å². The molecule has 3 heterocycles. The van der Waals surface area contributed by atoms with E-state index in [0.29, 0.717) is 13.1 Å². The SMILES string of the molecule is CC(=O)N1CCC2(CC1)CN(C(=O)c1cc(-c3ccccc3)c(C)[nH]c1=O)C2. The van der Waals surface area contributed by atoms with Crippen LogP contribution in [0, 0.1) is 12.3 Å². The number of aromatic nitrogens is 1. The Balaban J connectivity index is 1.51. The quantitative estimate of drug-likeness (QED) is 0.871. The lowest BCUT2D eigenvalue weighted by Gasteiger charge is -2.53. The van der Waals surface area contributed by atoms with E-state index in [2.05, 4.69) is 4.98 Å². The van der Waals surface area contributed by atoms with E-state index in [1.165, 1.54) is 0 Å². The number of pyridine rings is 1. The third-order valence-corrected chi connectivity index (χ3v) is 6.16. The maximum absolute atomic E-state index is 13.0. The van der Waals surface area contributed by atoms with Gasteiger partial charge in [0.25, 0.3) is 11.5 Å². The van der Waals surface area contributed by atoms with Crippen molar-refractivity contribution in [1.29, 1.82) is 0 Å². The molecule has 1 aromatic heterocycles. The average molecular weight is 379 g/mol. The first-order valence-corrected chi connectivity index (χ1v) is 9.73. The second-order valence-electron chi connectivity index (χ2n) is 8.08. The van der Waals surface area contributed by atoms with Gasteiger partial charge in [-0.2, -0.15) is 0 Å². The Morgan fingerprint density at radius 3 is 2.29 bits per heavy atom. The van der Waals surface area contributed by atoms with Crippen LogP contribution in [0.1, 0.15) is 35.8 Å². The highest BCUT2D eigenvalue weighted by Crippen LogP contribution is 2.41. The molecule has 2 fully saturated rings. The van der Waals surface area contributed by atoms with E-state index in [0.717, 1.165) is 42.8 Å². The zero-order chi connectivity index (χ0) is 19.9. The molecule has 0 bridgehead atoms. The number of nitrogens with one attached hydrogen (secondary N) is 1.